The van der Waals surface area contributed by atoms with Gasteiger partial charge in [-0.15, -0.1) is 0 Å². The number of halogens is 8. The molecule has 0 aromatic heterocycles. The minimum atomic E-state index is -1.35. The number of nitro benzene ring substituents is 3. The van der Waals surface area contributed by atoms with Crippen LogP contribution < -0.4 is 30.2 Å². The number of ether oxygens (including phenoxy) is 4. The van der Waals surface area contributed by atoms with Crippen molar-refractivity contribution in [2.24, 2.45) is 0 Å². The fourth-order valence-corrected chi connectivity index (χ4v) is 8.04. The van der Waals surface area contributed by atoms with Gasteiger partial charge in [-0.2, -0.15) is 0 Å². The number of benzene rings is 7. The van der Waals surface area contributed by atoms with Crippen molar-refractivity contribution in [2.45, 2.75) is 105 Å². The van der Waals surface area contributed by atoms with Crippen LogP contribution in [0.25, 0.3) is 0 Å². The Balaban J connectivity index is 0.000000295. The predicted octanol–water partition coefficient (Wildman–Crippen LogP) is 12.8. The number of carboxylic acid groups (broad SMARTS) is 3. The van der Waals surface area contributed by atoms with Gasteiger partial charge in [0, 0.05) is 98.0 Å². The molecule has 0 aliphatic heterocycles. The molecule has 35 heteroatoms. The lowest BCUT2D eigenvalue weighted by atomic mass is 10.1. The van der Waals surface area contributed by atoms with E-state index in [9.17, 15) is 99.0 Å². The molecule has 7 aromatic rings. The molecule has 0 aliphatic rings. The molecule has 0 aliphatic carbocycles. The van der Waals surface area contributed by atoms with Crippen LogP contribution in [0, 0.1) is 76.9 Å². The largest absolute Gasteiger partial charge is 0.505 e. The standard InChI is InChI=1S/C20H20F2N2O6.2C19H18F2N2O6.C8H6F2O3/c1-20(2,3)23-19(26)11-5-6-16(15(8-11)24(27)28)30-17-10-13(21)12(7-14(17)22)9-18(25)29-4;2*1-19(2,3)22-18(26)10-4-5-15(14(7-10)23(27)28)29-16-9-12(20)11(6-13(16)21)8-17(24)25;9-5-3-7(11)6(10)1-4(5)2-8(12)13/h5-8,10H,9H2,1-4H3,(H,23,26);2*4-7,9H,8H2,1-3H3,(H,22,26)(H,24,25);1,3,11H,2H2,(H,12,13). The first-order valence-electron chi connectivity index (χ1n) is 28.8. The molecule has 0 fully saturated rings. The van der Waals surface area contributed by atoms with Crippen LogP contribution >= 0.6 is 0 Å². The summed E-state index contributed by atoms with van der Waals surface area (Å²) in [5.74, 6) is -18.5. The van der Waals surface area contributed by atoms with E-state index >= 15 is 0 Å². The summed E-state index contributed by atoms with van der Waals surface area (Å²) in [7, 11) is 1.11. The number of phenolic OH excluding ortho intramolecular Hbond substituents is 1. The van der Waals surface area contributed by atoms with Crippen molar-refractivity contribution in [3.05, 3.63) is 219 Å². The van der Waals surface area contributed by atoms with Gasteiger partial charge in [0.05, 0.1) is 47.6 Å². The molecule has 27 nitrogen and oxygen atoms in total. The van der Waals surface area contributed by atoms with Crippen LogP contribution in [0.5, 0.6) is 40.2 Å². The Kier molecular flexibility index (Phi) is 27.5. The Morgan fingerprint density at radius 2 is 0.624 bits per heavy atom. The molecule has 0 saturated heterocycles. The summed E-state index contributed by atoms with van der Waals surface area (Å²) in [6, 6.07) is 15.1. The number of hydrogen-bond donors (Lipinski definition) is 7. The topological polar surface area (TPSA) is 403 Å². The molecule has 0 saturated carbocycles. The first-order chi connectivity index (χ1) is 46.6. The van der Waals surface area contributed by atoms with Gasteiger partial charge in [-0.1, -0.05) is 0 Å². The van der Waals surface area contributed by atoms with Crippen LogP contribution in [0.2, 0.25) is 0 Å². The zero-order chi connectivity index (χ0) is 76.5. The maximum absolute atomic E-state index is 14.3. The average molecular weight is 1430 g/mol. The van der Waals surface area contributed by atoms with Crippen LogP contribution in [0.3, 0.4) is 0 Å². The summed E-state index contributed by atoms with van der Waals surface area (Å²) in [5, 5.41) is 76.5. The molecular weight excluding hydrogens is 1360 g/mol. The number of aromatic hydroxyl groups is 1. The maximum atomic E-state index is 14.3. The number of aliphatic carboxylic acids is 3. The second-order valence-electron chi connectivity index (χ2n) is 24.2. The fraction of sp³-hybridized carbons (Fsp3) is 0.258. The maximum Gasteiger partial charge on any atom is 0.312 e. The Hall–Kier alpha value is -12.3. The van der Waals surface area contributed by atoms with Crippen LogP contribution in [0.15, 0.2) is 103 Å². The first-order valence-corrected chi connectivity index (χ1v) is 28.8. The van der Waals surface area contributed by atoms with E-state index in [1.807, 2.05) is 0 Å². The van der Waals surface area contributed by atoms with E-state index in [0.717, 1.165) is 49.6 Å². The van der Waals surface area contributed by atoms with Gasteiger partial charge in [-0.05, 0) is 123 Å². The summed E-state index contributed by atoms with van der Waals surface area (Å²) < 4.78 is 130. The van der Waals surface area contributed by atoms with E-state index in [1.165, 1.54) is 18.2 Å². The monoisotopic (exact) mass is 1430 g/mol. The van der Waals surface area contributed by atoms with E-state index in [4.69, 9.17) is 34.6 Å². The number of nitrogens with one attached hydrogen (secondary N) is 3. The minimum absolute atomic E-state index is 0.00375. The highest BCUT2D eigenvalue weighted by atomic mass is 19.2. The van der Waals surface area contributed by atoms with Gasteiger partial charge in [0.25, 0.3) is 17.7 Å². The molecule has 0 atom stereocenters. The minimum Gasteiger partial charge on any atom is -0.505 e. The molecule has 0 heterocycles. The van der Waals surface area contributed by atoms with Crippen molar-refractivity contribution in [1.82, 2.24) is 16.0 Å². The number of nitrogens with zero attached hydrogens (tertiary/aromatic N) is 3. The molecule has 538 valence electrons. The smallest absolute Gasteiger partial charge is 0.312 e. The lowest BCUT2D eigenvalue weighted by Crippen LogP contribution is -2.40. The summed E-state index contributed by atoms with van der Waals surface area (Å²) >= 11 is 0. The van der Waals surface area contributed by atoms with Crippen molar-refractivity contribution in [2.75, 3.05) is 7.11 Å². The van der Waals surface area contributed by atoms with Gasteiger partial charge in [-0.3, -0.25) is 63.9 Å². The lowest BCUT2D eigenvalue weighted by Gasteiger charge is -2.20. The third kappa shape index (κ3) is 25.2. The third-order valence-electron chi connectivity index (χ3n) is 12.4. The molecule has 3 amide bonds. The first kappa shape index (κ1) is 81.1. The van der Waals surface area contributed by atoms with Gasteiger partial charge >= 0.3 is 40.9 Å². The number of hydrogen-bond acceptors (Lipinski definition) is 18. The van der Waals surface area contributed by atoms with Gasteiger partial charge in [0.1, 0.15) is 23.3 Å². The third-order valence-corrected chi connectivity index (χ3v) is 12.4. The van der Waals surface area contributed by atoms with E-state index in [2.05, 4.69) is 20.7 Å². The normalized spacial score (nSPS) is 10.9. The number of carboxylic acids is 3. The van der Waals surface area contributed by atoms with Crippen LogP contribution in [-0.4, -0.2) is 101 Å². The number of carbonyl (C=O) groups excluding carboxylic acids is 4. The molecule has 7 rings (SSSR count). The molecule has 7 aromatic carbocycles. The van der Waals surface area contributed by atoms with Crippen molar-refractivity contribution in [3.8, 4) is 40.2 Å². The predicted molar refractivity (Wildman–Crippen MR) is 338 cm³/mol. The van der Waals surface area contributed by atoms with Crippen molar-refractivity contribution < 1.29 is 123 Å². The quantitative estimate of drug-likeness (QED) is 0.0161. The second-order valence-corrected chi connectivity index (χ2v) is 24.2. The van der Waals surface area contributed by atoms with Crippen LogP contribution in [-0.2, 0) is 49.6 Å². The summed E-state index contributed by atoms with van der Waals surface area (Å²) in [6.45, 7) is 15.7. The molecule has 0 bridgehead atoms. The van der Waals surface area contributed by atoms with Crippen molar-refractivity contribution >= 4 is 58.7 Å². The van der Waals surface area contributed by atoms with E-state index in [-0.39, 0.29) is 33.6 Å². The zero-order valence-corrected chi connectivity index (χ0v) is 54.7. The lowest BCUT2D eigenvalue weighted by molar-refractivity contribution is -0.385. The summed E-state index contributed by atoms with van der Waals surface area (Å²) in [6.07, 6.45) is -2.57. The van der Waals surface area contributed by atoms with E-state index < -0.39 is 208 Å². The molecule has 7 N–H and O–H groups in total. The van der Waals surface area contributed by atoms with Crippen LogP contribution in [0.1, 0.15) is 116 Å². The van der Waals surface area contributed by atoms with Crippen molar-refractivity contribution in [3.63, 3.8) is 0 Å². The number of nitro groups is 3. The summed E-state index contributed by atoms with van der Waals surface area (Å²) in [4.78, 5) is 111. The Morgan fingerprint density at radius 3 is 0.861 bits per heavy atom. The van der Waals surface area contributed by atoms with Gasteiger partial charge in [0.15, 0.2) is 46.3 Å². The SMILES string of the molecule is CC(C)(C)NC(=O)c1ccc(Oc2cc(F)c(CC(=O)O)cc2F)c([N+](=O)[O-])c1.CC(C)(C)NC(=O)c1ccc(Oc2cc(F)c(CC(=O)O)cc2F)c([N+](=O)[O-])c1.COC(=O)Cc1cc(F)c(Oc2ccc(C(=O)NC(C)(C)C)cc2[N+](=O)[O-])cc1F.O=C(O)Cc1cc(F)c(O)cc1F. The number of methoxy groups -OCH3 is 1. The molecule has 0 unspecified atom stereocenters. The number of amides is 3. The Morgan fingerprint density at radius 1 is 0.376 bits per heavy atom. The Bertz CT molecular complexity index is 4220. The molecule has 0 radical (unpaired) electrons. The van der Waals surface area contributed by atoms with Crippen LogP contribution in [0.4, 0.5) is 52.2 Å². The second kappa shape index (κ2) is 34.2. The summed E-state index contributed by atoms with van der Waals surface area (Å²) in [5.41, 5.74) is -4.91. The zero-order valence-electron chi connectivity index (χ0n) is 54.7. The Labute approximate surface area is 566 Å². The highest BCUT2D eigenvalue weighted by Gasteiger charge is 2.28. The van der Waals surface area contributed by atoms with Gasteiger partial charge in [0.2, 0.25) is 17.2 Å². The number of carbonyl (C=O) groups is 7. The molecule has 101 heavy (non-hydrogen) atoms. The fourth-order valence-electron chi connectivity index (χ4n) is 8.04. The highest BCUT2D eigenvalue weighted by molar-refractivity contribution is 5.97. The van der Waals surface area contributed by atoms with Gasteiger partial charge < -0.3 is 55.3 Å². The average Bonchev–Trinajstić information content (AvgIpc) is 0.818. The number of esters is 1. The highest BCUT2D eigenvalue weighted by Crippen LogP contribution is 2.38. The number of phenols is 1. The number of rotatable bonds is 20. The van der Waals surface area contributed by atoms with E-state index in [0.29, 0.717) is 42.5 Å². The van der Waals surface area contributed by atoms with Crippen molar-refractivity contribution in [1.29, 1.82) is 0 Å². The molecule has 0 spiro atoms. The molecular formula is C66H62F8N6O21. The van der Waals surface area contributed by atoms with E-state index in [1.54, 1.807) is 62.3 Å². The van der Waals surface area contributed by atoms with Gasteiger partial charge in [-0.25, -0.2) is 35.1 Å².